The summed E-state index contributed by atoms with van der Waals surface area (Å²) >= 11 is 0. The predicted octanol–water partition coefficient (Wildman–Crippen LogP) is 3.25. The molecule has 0 radical (unpaired) electrons. The van der Waals surface area contributed by atoms with Gasteiger partial charge in [0.15, 0.2) is 0 Å². The Morgan fingerprint density at radius 1 is 1.30 bits per heavy atom. The maximum absolute atomic E-state index is 3.82. The first-order valence-corrected chi connectivity index (χ1v) is 3.29. The summed E-state index contributed by atoms with van der Waals surface area (Å²) in [7, 11) is 0. The second-order valence-corrected chi connectivity index (χ2v) is 2.33. The summed E-state index contributed by atoms with van der Waals surface area (Å²) < 4.78 is 0. The monoisotopic (exact) mass is 134 g/mol. The molecule has 10 heavy (non-hydrogen) atoms. The minimum atomic E-state index is 0.851. The van der Waals surface area contributed by atoms with Crippen LogP contribution in [-0.4, -0.2) is 0 Å². The van der Waals surface area contributed by atoms with Gasteiger partial charge in [-0.05, 0) is 13.3 Å². The second-order valence-electron chi connectivity index (χ2n) is 2.33. The van der Waals surface area contributed by atoms with Crippen molar-refractivity contribution < 1.29 is 0 Å². The van der Waals surface area contributed by atoms with Crippen LogP contribution < -0.4 is 0 Å². The minimum Gasteiger partial charge on any atom is -0.103 e. The van der Waals surface area contributed by atoms with Crippen LogP contribution in [0.25, 0.3) is 0 Å². The Hall–Kier alpha value is -1.04. The van der Waals surface area contributed by atoms with E-state index in [-0.39, 0.29) is 0 Å². The molecule has 54 valence electrons. The first kappa shape index (κ1) is 8.96. The Bertz CT molecular complexity index is 170. The molecule has 0 heterocycles. The molecular formula is C10H14. The lowest BCUT2D eigenvalue weighted by atomic mass is 10.2. The van der Waals surface area contributed by atoms with E-state index < -0.39 is 0 Å². The molecular weight excluding hydrogens is 120 g/mol. The van der Waals surface area contributed by atoms with Gasteiger partial charge in [-0.15, -0.1) is 6.58 Å². The second kappa shape index (κ2) is 4.80. The molecule has 0 bridgehead atoms. The highest BCUT2D eigenvalue weighted by Gasteiger charge is 1.81. The molecule has 0 aromatic heterocycles. The van der Waals surface area contributed by atoms with E-state index >= 15 is 0 Å². The van der Waals surface area contributed by atoms with Crippen molar-refractivity contribution in [3.63, 3.8) is 0 Å². The largest absolute Gasteiger partial charge is 0.103 e. The number of hydrogen-bond acceptors (Lipinski definition) is 0. The van der Waals surface area contributed by atoms with Gasteiger partial charge in [-0.25, -0.2) is 0 Å². The molecule has 0 aromatic carbocycles. The number of hydrogen-bond donors (Lipinski definition) is 0. The van der Waals surface area contributed by atoms with E-state index in [0.29, 0.717) is 0 Å². The Morgan fingerprint density at radius 3 is 2.30 bits per heavy atom. The predicted molar refractivity (Wildman–Crippen MR) is 47.9 cm³/mol. The minimum absolute atomic E-state index is 0.851. The van der Waals surface area contributed by atoms with E-state index in [1.54, 1.807) is 0 Å². The van der Waals surface area contributed by atoms with Crippen molar-refractivity contribution in [1.29, 1.82) is 0 Å². The zero-order valence-corrected chi connectivity index (χ0v) is 6.56. The molecule has 0 unspecified atom stereocenters. The lowest BCUT2D eigenvalue weighted by Crippen LogP contribution is -1.70. The molecule has 0 spiro atoms. The van der Waals surface area contributed by atoms with Gasteiger partial charge < -0.3 is 0 Å². The quantitative estimate of drug-likeness (QED) is 0.409. The van der Waals surface area contributed by atoms with E-state index in [4.69, 9.17) is 0 Å². The molecule has 0 nitrogen and oxygen atoms in total. The smallest absolute Gasteiger partial charge is 0.0106 e. The zero-order chi connectivity index (χ0) is 7.98. The SMILES string of the molecule is C=CCC(=C)/C=C\C(=C)C. The van der Waals surface area contributed by atoms with E-state index in [0.717, 1.165) is 17.6 Å². The van der Waals surface area contributed by atoms with Crippen LogP contribution in [0.1, 0.15) is 13.3 Å². The lowest BCUT2D eigenvalue weighted by Gasteiger charge is -1.91. The van der Waals surface area contributed by atoms with E-state index in [2.05, 4.69) is 19.7 Å². The van der Waals surface area contributed by atoms with Crippen LogP contribution in [-0.2, 0) is 0 Å². The first-order valence-electron chi connectivity index (χ1n) is 3.29. The molecule has 0 fully saturated rings. The fourth-order valence-electron chi connectivity index (χ4n) is 0.514. The van der Waals surface area contributed by atoms with Crippen LogP contribution >= 0.6 is 0 Å². The molecule has 0 N–H and O–H groups in total. The highest BCUT2D eigenvalue weighted by atomic mass is 13.9. The molecule has 0 aromatic rings. The van der Waals surface area contributed by atoms with Gasteiger partial charge in [-0.3, -0.25) is 0 Å². The fourth-order valence-corrected chi connectivity index (χ4v) is 0.514. The summed E-state index contributed by atoms with van der Waals surface area (Å²) in [6.45, 7) is 13.1. The molecule has 0 saturated heterocycles. The summed E-state index contributed by atoms with van der Waals surface area (Å²) in [5, 5.41) is 0. The van der Waals surface area contributed by atoms with Gasteiger partial charge in [-0.2, -0.15) is 0 Å². The standard InChI is InChI=1S/C10H14/c1-5-6-10(4)8-7-9(2)3/h5,7-8H,1-2,4,6H2,3H3/b8-7-. The molecule has 0 aliphatic rings. The van der Waals surface area contributed by atoms with Gasteiger partial charge in [0.05, 0.1) is 0 Å². The maximum atomic E-state index is 3.82. The highest BCUT2D eigenvalue weighted by molar-refractivity contribution is 5.24. The number of rotatable bonds is 4. The summed E-state index contributed by atoms with van der Waals surface area (Å²) in [6, 6.07) is 0. The summed E-state index contributed by atoms with van der Waals surface area (Å²) in [6.07, 6.45) is 6.60. The molecule has 0 aliphatic heterocycles. The van der Waals surface area contributed by atoms with Crippen LogP contribution in [0.3, 0.4) is 0 Å². The van der Waals surface area contributed by atoms with Crippen molar-refractivity contribution in [3.05, 3.63) is 49.1 Å². The van der Waals surface area contributed by atoms with Crippen LogP contribution in [0.15, 0.2) is 49.1 Å². The van der Waals surface area contributed by atoms with Crippen molar-refractivity contribution >= 4 is 0 Å². The van der Waals surface area contributed by atoms with Gasteiger partial charge in [0.1, 0.15) is 0 Å². The van der Waals surface area contributed by atoms with Crippen molar-refractivity contribution in [3.8, 4) is 0 Å². The first-order chi connectivity index (χ1) is 4.66. The van der Waals surface area contributed by atoms with Crippen LogP contribution in [0.4, 0.5) is 0 Å². The van der Waals surface area contributed by atoms with Crippen LogP contribution in [0.5, 0.6) is 0 Å². The normalized spacial score (nSPS) is 9.70. The Morgan fingerprint density at radius 2 is 1.90 bits per heavy atom. The van der Waals surface area contributed by atoms with Gasteiger partial charge in [-0.1, -0.05) is 42.5 Å². The van der Waals surface area contributed by atoms with E-state index in [9.17, 15) is 0 Å². The Balaban J connectivity index is 3.77. The third-order valence-electron chi connectivity index (χ3n) is 1.01. The zero-order valence-electron chi connectivity index (χ0n) is 6.56. The van der Waals surface area contributed by atoms with Crippen LogP contribution in [0.2, 0.25) is 0 Å². The Kier molecular flexibility index (Phi) is 4.30. The highest BCUT2D eigenvalue weighted by Crippen LogP contribution is 2.01. The van der Waals surface area contributed by atoms with Crippen molar-refractivity contribution in [1.82, 2.24) is 0 Å². The summed E-state index contributed by atoms with van der Waals surface area (Å²) in [4.78, 5) is 0. The molecule has 0 rings (SSSR count). The van der Waals surface area contributed by atoms with E-state index in [1.807, 2.05) is 25.2 Å². The number of allylic oxidation sites excluding steroid dienone is 5. The van der Waals surface area contributed by atoms with Gasteiger partial charge in [0, 0.05) is 0 Å². The van der Waals surface area contributed by atoms with Crippen LogP contribution in [0, 0.1) is 0 Å². The third kappa shape index (κ3) is 5.10. The summed E-state index contributed by atoms with van der Waals surface area (Å²) in [5.41, 5.74) is 2.11. The average molecular weight is 134 g/mol. The maximum Gasteiger partial charge on any atom is -0.0106 e. The lowest BCUT2D eigenvalue weighted by molar-refractivity contribution is 1.30. The molecule has 0 saturated carbocycles. The molecule has 0 heteroatoms. The van der Waals surface area contributed by atoms with Gasteiger partial charge >= 0.3 is 0 Å². The fraction of sp³-hybridized carbons (Fsp3) is 0.200. The van der Waals surface area contributed by atoms with Crippen molar-refractivity contribution in [2.75, 3.05) is 0 Å². The van der Waals surface area contributed by atoms with Gasteiger partial charge in [0.25, 0.3) is 0 Å². The van der Waals surface area contributed by atoms with E-state index in [1.165, 1.54) is 0 Å². The molecule has 0 aliphatic carbocycles. The molecule has 0 atom stereocenters. The third-order valence-corrected chi connectivity index (χ3v) is 1.01. The summed E-state index contributed by atoms with van der Waals surface area (Å²) in [5.74, 6) is 0. The van der Waals surface area contributed by atoms with Gasteiger partial charge in [0.2, 0.25) is 0 Å². The topological polar surface area (TPSA) is 0 Å². The molecule has 0 amide bonds. The van der Waals surface area contributed by atoms with Crippen molar-refractivity contribution in [2.45, 2.75) is 13.3 Å². The average Bonchev–Trinajstić information content (AvgIpc) is 1.85. The Labute approximate surface area is 63.3 Å². The van der Waals surface area contributed by atoms with Crippen molar-refractivity contribution in [2.24, 2.45) is 0 Å².